The van der Waals surface area contributed by atoms with Crippen molar-refractivity contribution >= 4 is 5.97 Å². The van der Waals surface area contributed by atoms with E-state index >= 15 is 0 Å². The van der Waals surface area contributed by atoms with Crippen molar-refractivity contribution < 1.29 is 24.9 Å². The van der Waals surface area contributed by atoms with Gasteiger partial charge in [0.05, 0.1) is 12.5 Å². The minimum atomic E-state index is -0.816. The van der Waals surface area contributed by atoms with E-state index in [-0.39, 0.29) is 17.2 Å². The molecule has 0 heterocycles. The Kier molecular flexibility index (Phi) is 2.61. The number of ether oxygens (including phenoxy) is 1. The van der Waals surface area contributed by atoms with Gasteiger partial charge in [-0.1, -0.05) is 0 Å². The maximum Gasteiger partial charge on any atom is 0.309 e. The number of benzene rings is 1. The number of carboxylic acid groups (broad SMARTS) is 1. The van der Waals surface area contributed by atoms with Gasteiger partial charge in [0, 0.05) is 0 Å². The van der Waals surface area contributed by atoms with E-state index in [0.717, 1.165) is 0 Å². The predicted molar refractivity (Wildman–Crippen MR) is 59.3 cm³/mol. The first-order valence-corrected chi connectivity index (χ1v) is 5.31. The second-order valence-electron chi connectivity index (χ2n) is 4.43. The molecule has 2 rings (SSSR count). The van der Waals surface area contributed by atoms with Gasteiger partial charge in [-0.15, -0.1) is 0 Å². The van der Waals surface area contributed by atoms with Gasteiger partial charge in [0.1, 0.15) is 0 Å². The van der Waals surface area contributed by atoms with Crippen LogP contribution in [0.3, 0.4) is 0 Å². The molecule has 1 aromatic carbocycles. The summed E-state index contributed by atoms with van der Waals surface area (Å²) in [6.45, 7) is 0. The number of carboxylic acids is 1. The molecule has 3 N–H and O–H groups in total. The quantitative estimate of drug-likeness (QED) is 0.692. The summed E-state index contributed by atoms with van der Waals surface area (Å²) in [4.78, 5) is 11.1. The van der Waals surface area contributed by atoms with Gasteiger partial charge in [-0.2, -0.15) is 0 Å². The molecular formula is C12H14O5. The maximum absolute atomic E-state index is 11.1. The Labute approximate surface area is 98.3 Å². The fourth-order valence-corrected chi connectivity index (χ4v) is 1.91. The molecular weight excluding hydrogens is 224 g/mol. The van der Waals surface area contributed by atoms with Gasteiger partial charge in [-0.05, 0) is 37.0 Å². The molecule has 17 heavy (non-hydrogen) atoms. The Bertz CT molecular complexity index is 462. The molecule has 0 spiro atoms. The Morgan fingerprint density at radius 2 is 2.06 bits per heavy atom. The van der Waals surface area contributed by atoms with Crippen molar-refractivity contribution in [3.8, 4) is 17.2 Å². The molecule has 1 aliphatic rings. The third kappa shape index (κ3) is 2.00. The van der Waals surface area contributed by atoms with Crippen LogP contribution in [0.1, 0.15) is 18.4 Å². The standard InChI is InChI=1S/C12H14O5/c1-17-9-5-7(4-8(13)10(9)14)6-12(2-3-12)11(15)16/h4-5,13-14H,2-3,6H2,1H3,(H,15,16). The topological polar surface area (TPSA) is 87.0 Å². The van der Waals surface area contributed by atoms with Crippen molar-refractivity contribution in [3.63, 3.8) is 0 Å². The highest BCUT2D eigenvalue weighted by Gasteiger charge is 2.50. The molecule has 5 heteroatoms. The number of methoxy groups -OCH3 is 1. The van der Waals surface area contributed by atoms with Gasteiger partial charge in [0.15, 0.2) is 11.5 Å². The second-order valence-corrected chi connectivity index (χ2v) is 4.43. The number of hydrogen-bond acceptors (Lipinski definition) is 4. The number of phenolic OH excluding ortho intramolecular Hbond substituents is 2. The minimum Gasteiger partial charge on any atom is -0.504 e. The SMILES string of the molecule is COc1cc(CC2(C(=O)O)CC2)cc(O)c1O. The zero-order valence-corrected chi connectivity index (χ0v) is 9.43. The van der Waals surface area contributed by atoms with Crippen LogP contribution in [0, 0.1) is 5.41 Å². The molecule has 0 unspecified atom stereocenters. The van der Waals surface area contributed by atoms with E-state index in [2.05, 4.69) is 0 Å². The molecule has 0 aromatic heterocycles. The smallest absolute Gasteiger partial charge is 0.309 e. The van der Waals surface area contributed by atoms with Gasteiger partial charge in [0.25, 0.3) is 0 Å². The second kappa shape index (κ2) is 3.84. The summed E-state index contributed by atoms with van der Waals surface area (Å²) in [6.07, 6.45) is 1.63. The Morgan fingerprint density at radius 3 is 2.53 bits per heavy atom. The van der Waals surface area contributed by atoms with Crippen molar-refractivity contribution in [3.05, 3.63) is 17.7 Å². The van der Waals surface area contributed by atoms with Gasteiger partial charge >= 0.3 is 5.97 Å². The number of aliphatic carboxylic acids is 1. The lowest BCUT2D eigenvalue weighted by atomic mass is 9.96. The van der Waals surface area contributed by atoms with Crippen LogP contribution in [-0.2, 0) is 11.2 Å². The van der Waals surface area contributed by atoms with Crippen LogP contribution in [0.5, 0.6) is 17.2 Å². The summed E-state index contributed by atoms with van der Waals surface area (Å²) in [5.41, 5.74) is -0.0499. The monoisotopic (exact) mass is 238 g/mol. The number of rotatable bonds is 4. The summed E-state index contributed by atoms with van der Waals surface area (Å²) >= 11 is 0. The Morgan fingerprint density at radius 1 is 1.41 bits per heavy atom. The summed E-state index contributed by atoms with van der Waals surface area (Å²) in [5.74, 6) is -1.28. The lowest BCUT2D eigenvalue weighted by molar-refractivity contribution is -0.143. The molecule has 5 nitrogen and oxygen atoms in total. The molecule has 0 aliphatic heterocycles. The molecule has 1 fully saturated rings. The average molecular weight is 238 g/mol. The Balaban J connectivity index is 2.28. The van der Waals surface area contributed by atoms with E-state index in [9.17, 15) is 15.0 Å². The van der Waals surface area contributed by atoms with E-state index in [4.69, 9.17) is 9.84 Å². The van der Waals surface area contributed by atoms with Crippen LogP contribution >= 0.6 is 0 Å². The minimum absolute atomic E-state index is 0.154. The lowest BCUT2D eigenvalue weighted by Gasteiger charge is -2.12. The van der Waals surface area contributed by atoms with Crippen LogP contribution in [-0.4, -0.2) is 28.4 Å². The molecule has 1 aromatic rings. The van der Waals surface area contributed by atoms with Crippen LogP contribution in [0.15, 0.2) is 12.1 Å². The summed E-state index contributed by atoms with van der Waals surface area (Å²) < 4.78 is 4.90. The number of aromatic hydroxyl groups is 2. The largest absolute Gasteiger partial charge is 0.504 e. The molecule has 1 aliphatic carbocycles. The van der Waals surface area contributed by atoms with Crippen LogP contribution in [0.25, 0.3) is 0 Å². The molecule has 0 atom stereocenters. The fourth-order valence-electron chi connectivity index (χ4n) is 1.91. The molecule has 0 saturated heterocycles. The van der Waals surface area contributed by atoms with E-state index in [1.165, 1.54) is 13.2 Å². The molecule has 0 radical (unpaired) electrons. The van der Waals surface area contributed by atoms with Crippen molar-refractivity contribution in [2.24, 2.45) is 5.41 Å². The summed E-state index contributed by atoms with van der Waals surface area (Å²) in [7, 11) is 1.38. The molecule has 0 amide bonds. The first kappa shape index (κ1) is 11.6. The van der Waals surface area contributed by atoms with Gasteiger partial charge in [-0.25, -0.2) is 0 Å². The average Bonchev–Trinajstić information content (AvgIpc) is 3.04. The summed E-state index contributed by atoms with van der Waals surface area (Å²) in [6, 6.07) is 2.93. The maximum atomic E-state index is 11.1. The van der Waals surface area contributed by atoms with Crippen molar-refractivity contribution in [1.29, 1.82) is 0 Å². The number of phenols is 2. The van der Waals surface area contributed by atoms with Crippen LogP contribution in [0.4, 0.5) is 0 Å². The number of hydrogen-bond donors (Lipinski definition) is 3. The zero-order valence-electron chi connectivity index (χ0n) is 9.43. The van der Waals surface area contributed by atoms with Crippen molar-refractivity contribution in [2.45, 2.75) is 19.3 Å². The molecule has 1 saturated carbocycles. The van der Waals surface area contributed by atoms with E-state index in [1.807, 2.05) is 0 Å². The van der Waals surface area contributed by atoms with Crippen molar-refractivity contribution in [1.82, 2.24) is 0 Å². The zero-order chi connectivity index (χ0) is 12.6. The third-order valence-corrected chi connectivity index (χ3v) is 3.18. The third-order valence-electron chi connectivity index (χ3n) is 3.18. The van der Waals surface area contributed by atoms with Crippen LogP contribution < -0.4 is 4.74 Å². The highest BCUT2D eigenvalue weighted by Crippen LogP contribution is 2.49. The first-order valence-electron chi connectivity index (χ1n) is 5.31. The van der Waals surface area contributed by atoms with Gasteiger partial charge < -0.3 is 20.1 Å². The number of carbonyl (C=O) groups is 1. The van der Waals surface area contributed by atoms with Gasteiger partial charge in [0.2, 0.25) is 5.75 Å². The highest BCUT2D eigenvalue weighted by atomic mass is 16.5. The predicted octanol–water partition coefficient (Wildman–Crippen LogP) is 1.51. The first-order chi connectivity index (χ1) is 7.98. The lowest BCUT2D eigenvalue weighted by Crippen LogP contribution is -2.17. The summed E-state index contributed by atoms with van der Waals surface area (Å²) in [5, 5.41) is 28.0. The highest BCUT2D eigenvalue weighted by molar-refractivity contribution is 5.78. The molecule has 0 bridgehead atoms. The Hall–Kier alpha value is -1.91. The van der Waals surface area contributed by atoms with E-state index in [1.54, 1.807) is 6.07 Å². The van der Waals surface area contributed by atoms with Gasteiger partial charge in [-0.3, -0.25) is 4.79 Å². The van der Waals surface area contributed by atoms with E-state index in [0.29, 0.717) is 24.8 Å². The van der Waals surface area contributed by atoms with E-state index < -0.39 is 11.4 Å². The van der Waals surface area contributed by atoms with Crippen molar-refractivity contribution in [2.75, 3.05) is 7.11 Å². The fraction of sp³-hybridized carbons (Fsp3) is 0.417. The normalized spacial score (nSPS) is 16.5. The van der Waals surface area contributed by atoms with Crippen LogP contribution in [0.2, 0.25) is 0 Å². The molecule has 92 valence electrons.